The number of benzene rings is 1. The van der Waals surface area contributed by atoms with Crippen LogP contribution in [0.25, 0.3) is 0 Å². The van der Waals surface area contributed by atoms with Crippen LogP contribution in [0.2, 0.25) is 0 Å². The quantitative estimate of drug-likeness (QED) is 0.645. The zero-order chi connectivity index (χ0) is 15.1. The Labute approximate surface area is 122 Å². The number of carbonyl (C=O) groups is 2. The third-order valence-corrected chi connectivity index (χ3v) is 3.01. The second-order valence-electron chi connectivity index (χ2n) is 4.48. The second kappa shape index (κ2) is 7.23. The smallest absolute Gasteiger partial charge is 0.337 e. The number of rotatable bonds is 6. The van der Waals surface area contributed by atoms with E-state index in [-0.39, 0.29) is 5.91 Å². The monoisotopic (exact) mass is 287 g/mol. The van der Waals surface area contributed by atoms with Gasteiger partial charge in [-0.3, -0.25) is 4.79 Å². The van der Waals surface area contributed by atoms with Crippen molar-refractivity contribution >= 4 is 11.9 Å². The van der Waals surface area contributed by atoms with Crippen LogP contribution >= 0.6 is 0 Å². The van der Waals surface area contributed by atoms with Crippen LogP contribution in [0, 0.1) is 0 Å². The summed E-state index contributed by atoms with van der Waals surface area (Å²) >= 11 is 0. The second-order valence-corrected chi connectivity index (χ2v) is 4.48. The number of aryl methyl sites for hydroxylation is 1. The van der Waals surface area contributed by atoms with E-state index in [4.69, 9.17) is 0 Å². The van der Waals surface area contributed by atoms with Gasteiger partial charge in [0.2, 0.25) is 0 Å². The van der Waals surface area contributed by atoms with Gasteiger partial charge in [0.25, 0.3) is 5.91 Å². The number of ether oxygens (including phenoxy) is 1. The molecule has 0 fully saturated rings. The van der Waals surface area contributed by atoms with Crippen LogP contribution in [0.5, 0.6) is 0 Å². The van der Waals surface area contributed by atoms with Crippen molar-refractivity contribution in [3.63, 3.8) is 0 Å². The number of imidazole rings is 1. The minimum absolute atomic E-state index is 0.156. The van der Waals surface area contributed by atoms with Crippen molar-refractivity contribution in [2.24, 2.45) is 0 Å². The van der Waals surface area contributed by atoms with Crippen LogP contribution in [0.3, 0.4) is 0 Å². The Hall–Kier alpha value is -2.63. The molecule has 0 saturated heterocycles. The van der Waals surface area contributed by atoms with Gasteiger partial charge in [0.1, 0.15) is 0 Å². The number of amides is 1. The molecule has 1 aromatic heterocycles. The SMILES string of the molecule is COC(=O)c1ccc(C(=O)NCCCn2ccnc2)cc1. The molecule has 0 radical (unpaired) electrons. The molecule has 0 aliphatic rings. The van der Waals surface area contributed by atoms with E-state index in [1.807, 2.05) is 10.8 Å². The van der Waals surface area contributed by atoms with Crippen molar-refractivity contribution in [2.45, 2.75) is 13.0 Å². The van der Waals surface area contributed by atoms with Crippen molar-refractivity contribution < 1.29 is 14.3 Å². The Morgan fingerprint density at radius 3 is 2.57 bits per heavy atom. The fourth-order valence-corrected chi connectivity index (χ4v) is 1.86. The molecular formula is C15H17N3O3. The lowest BCUT2D eigenvalue weighted by atomic mass is 10.1. The molecule has 0 saturated carbocycles. The van der Waals surface area contributed by atoms with Gasteiger partial charge in [-0.1, -0.05) is 0 Å². The maximum absolute atomic E-state index is 11.9. The Kier molecular flexibility index (Phi) is 5.09. The average Bonchev–Trinajstić information content (AvgIpc) is 3.04. The Morgan fingerprint density at radius 2 is 1.95 bits per heavy atom. The van der Waals surface area contributed by atoms with E-state index in [0.29, 0.717) is 17.7 Å². The Bertz CT molecular complexity index is 591. The van der Waals surface area contributed by atoms with E-state index in [9.17, 15) is 9.59 Å². The summed E-state index contributed by atoms with van der Waals surface area (Å²) < 4.78 is 6.56. The molecular weight excluding hydrogens is 270 g/mol. The highest BCUT2D eigenvalue weighted by Crippen LogP contribution is 2.05. The maximum Gasteiger partial charge on any atom is 0.337 e. The fraction of sp³-hybridized carbons (Fsp3) is 0.267. The first kappa shape index (κ1) is 14.8. The van der Waals surface area contributed by atoms with Crippen LogP contribution in [0.4, 0.5) is 0 Å². The lowest BCUT2D eigenvalue weighted by molar-refractivity contribution is 0.0600. The Morgan fingerprint density at radius 1 is 1.24 bits per heavy atom. The van der Waals surface area contributed by atoms with Crippen molar-refractivity contribution in [1.29, 1.82) is 0 Å². The largest absolute Gasteiger partial charge is 0.465 e. The van der Waals surface area contributed by atoms with E-state index in [0.717, 1.165) is 13.0 Å². The van der Waals surface area contributed by atoms with Crippen LogP contribution in [0.15, 0.2) is 43.0 Å². The van der Waals surface area contributed by atoms with Gasteiger partial charge in [0.05, 0.1) is 19.0 Å². The molecule has 0 bridgehead atoms. The summed E-state index contributed by atoms with van der Waals surface area (Å²) in [7, 11) is 1.32. The molecule has 0 atom stereocenters. The zero-order valence-corrected chi connectivity index (χ0v) is 11.8. The molecule has 6 heteroatoms. The molecule has 0 spiro atoms. The molecule has 0 aliphatic carbocycles. The van der Waals surface area contributed by atoms with Crippen molar-refractivity contribution in [3.8, 4) is 0 Å². The van der Waals surface area contributed by atoms with Gasteiger partial charge in [-0.15, -0.1) is 0 Å². The number of methoxy groups -OCH3 is 1. The summed E-state index contributed by atoms with van der Waals surface area (Å²) in [6.45, 7) is 1.39. The predicted octanol–water partition coefficient (Wildman–Crippen LogP) is 1.49. The summed E-state index contributed by atoms with van der Waals surface area (Å²) in [6.07, 6.45) is 6.17. The standard InChI is InChI=1S/C15H17N3O3/c1-21-15(20)13-5-3-12(4-6-13)14(19)17-7-2-9-18-10-8-16-11-18/h3-6,8,10-11H,2,7,9H2,1H3,(H,17,19). The van der Waals surface area contributed by atoms with E-state index < -0.39 is 5.97 Å². The number of nitrogens with zero attached hydrogens (tertiary/aromatic N) is 2. The Balaban J connectivity index is 1.79. The highest BCUT2D eigenvalue weighted by molar-refractivity contribution is 5.96. The predicted molar refractivity (Wildman–Crippen MR) is 77.0 cm³/mol. The van der Waals surface area contributed by atoms with Crippen LogP contribution in [0.1, 0.15) is 27.1 Å². The van der Waals surface area contributed by atoms with Gasteiger partial charge in [0, 0.05) is 31.0 Å². The first-order chi connectivity index (χ1) is 10.2. The minimum atomic E-state index is -0.415. The first-order valence-corrected chi connectivity index (χ1v) is 6.63. The molecule has 6 nitrogen and oxygen atoms in total. The molecule has 1 N–H and O–H groups in total. The summed E-state index contributed by atoms with van der Waals surface area (Å²) in [4.78, 5) is 27.1. The lowest BCUT2D eigenvalue weighted by Gasteiger charge is -2.06. The molecule has 21 heavy (non-hydrogen) atoms. The number of hydrogen-bond donors (Lipinski definition) is 1. The molecule has 1 aromatic carbocycles. The molecule has 2 rings (SSSR count). The van der Waals surface area contributed by atoms with Gasteiger partial charge < -0.3 is 14.6 Å². The highest BCUT2D eigenvalue weighted by Gasteiger charge is 2.08. The normalized spacial score (nSPS) is 10.1. The van der Waals surface area contributed by atoms with Crippen molar-refractivity contribution in [3.05, 3.63) is 54.1 Å². The van der Waals surface area contributed by atoms with E-state index in [1.54, 1.807) is 36.8 Å². The number of aromatic nitrogens is 2. The first-order valence-electron chi connectivity index (χ1n) is 6.63. The maximum atomic E-state index is 11.9. The topological polar surface area (TPSA) is 73.2 Å². The zero-order valence-electron chi connectivity index (χ0n) is 11.8. The molecule has 1 heterocycles. The molecule has 0 unspecified atom stereocenters. The highest BCUT2D eigenvalue weighted by atomic mass is 16.5. The third-order valence-electron chi connectivity index (χ3n) is 3.01. The molecule has 2 aromatic rings. The van der Waals surface area contributed by atoms with E-state index in [2.05, 4.69) is 15.0 Å². The van der Waals surface area contributed by atoms with Gasteiger partial charge in [-0.2, -0.15) is 0 Å². The summed E-state index contributed by atoms with van der Waals surface area (Å²) in [6, 6.07) is 6.37. The minimum Gasteiger partial charge on any atom is -0.465 e. The third kappa shape index (κ3) is 4.17. The summed E-state index contributed by atoms with van der Waals surface area (Å²) in [5, 5.41) is 2.84. The van der Waals surface area contributed by atoms with Crippen LogP contribution in [-0.2, 0) is 11.3 Å². The summed E-state index contributed by atoms with van der Waals surface area (Å²) in [5.74, 6) is -0.570. The number of esters is 1. The van der Waals surface area contributed by atoms with Crippen molar-refractivity contribution in [2.75, 3.05) is 13.7 Å². The van der Waals surface area contributed by atoms with E-state index in [1.165, 1.54) is 7.11 Å². The van der Waals surface area contributed by atoms with E-state index >= 15 is 0 Å². The van der Waals surface area contributed by atoms with Crippen molar-refractivity contribution in [1.82, 2.24) is 14.9 Å². The number of nitrogens with one attached hydrogen (secondary N) is 1. The van der Waals surface area contributed by atoms with Gasteiger partial charge in [0.15, 0.2) is 0 Å². The summed E-state index contributed by atoms with van der Waals surface area (Å²) in [5.41, 5.74) is 0.944. The van der Waals surface area contributed by atoms with Crippen LogP contribution < -0.4 is 5.32 Å². The fourth-order valence-electron chi connectivity index (χ4n) is 1.86. The number of carbonyl (C=O) groups excluding carboxylic acids is 2. The van der Waals surface area contributed by atoms with Gasteiger partial charge in [-0.25, -0.2) is 9.78 Å². The lowest BCUT2D eigenvalue weighted by Crippen LogP contribution is -2.25. The van der Waals surface area contributed by atoms with Crippen LogP contribution in [-0.4, -0.2) is 35.1 Å². The molecule has 1 amide bonds. The number of hydrogen-bond acceptors (Lipinski definition) is 4. The van der Waals surface area contributed by atoms with Gasteiger partial charge >= 0.3 is 5.97 Å². The molecule has 0 aliphatic heterocycles. The molecule has 110 valence electrons. The van der Waals surface area contributed by atoms with Gasteiger partial charge in [-0.05, 0) is 30.7 Å². The average molecular weight is 287 g/mol.